The fourth-order valence-electron chi connectivity index (χ4n) is 4.55. The average molecular weight is 526 g/mol. The fourth-order valence-corrected chi connectivity index (χ4v) is 4.66. The summed E-state index contributed by atoms with van der Waals surface area (Å²) in [4.78, 5) is 47.0. The van der Waals surface area contributed by atoms with Gasteiger partial charge in [0.05, 0.1) is 5.02 Å². The lowest BCUT2D eigenvalue weighted by atomic mass is 9.81. The number of hydrogen-bond donors (Lipinski definition) is 2. The number of carbonyl (C=O) groups is 3. The molecule has 37 heavy (non-hydrogen) atoms. The number of rotatable bonds is 8. The molecule has 0 spiro atoms. The first-order chi connectivity index (χ1) is 17.7. The topological polar surface area (TPSA) is 108 Å². The van der Waals surface area contributed by atoms with Gasteiger partial charge < -0.3 is 24.9 Å². The van der Waals surface area contributed by atoms with E-state index < -0.39 is 5.91 Å². The van der Waals surface area contributed by atoms with E-state index in [0.717, 1.165) is 6.54 Å². The zero-order chi connectivity index (χ0) is 26.5. The van der Waals surface area contributed by atoms with Gasteiger partial charge in [-0.2, -0.15) is 0 Å². The highest BCUT2D eigenvalue weighted by molar-refractivity contribution is 6.30. The highest BCUT2D eigenvalue weighted by atomic mass is 35.5. The Morgan fingerprint density at radius 1 is 0.973 bits per heavy atom. The Morgan fingerprint density at radius 3 is 2.35 bits per heavy atom. The molecule has 1 saturated carbocycles. The molecule has 3 aromatic rings. The van der Waals surface area contributed by atoms with Crippen molar-refractivity contribution < 1.29 is 18.8 Å². The summed E-state index contributed by atoms with van der Waals surface area (Å²) in [5.74, 6) is -0.592. The van der Waals surface area contributed by atoms with E-state index in [1.165, 1.54) is 6.20 Å². The van der Waals surface area contributed by atoms with E-state index in [1.807, 2.05) is 32.1 Å². The van der Waals surface area contributed by atoms with Crippen LogP contribution in [-0.2, 0) is 9.59 Å². The molecule has 196 valence electrons. The molecular formula is C27H32ClN5O4. The molecular weight excluding hydrogens is 494 g/mol. The molecule has 1 fully saturated rings. The first kappa shape index (κ1) is 26.6. The van der Waals surface area contributed by atoms with Crippen LogP contribution in [0.15, 0.2) is 47.0 Å². The first-order valence-corrected chi connectivity index (χ1v) is 12.8. The second-order valence-corrected chi connectivity index (χ2v) is 10.2. The van der Waals surface area contributed by atoms with Crippen LogP contribution in [0.25, 0.3) is 11.0 Å². The van der Waals surface area contributed by atoms with Gasteiger partial charge in [0, 0.05) is 43.6 Å². The van der Waals surface area contributed by atoms with E-state index in [0.29, 0.717) is 59.7 Å². The number of carbonyl (C=O) groups excluding carboxylic acids is 3. The van der Waals surface area contributed by atoms with E-state index in [4.69, 9.17) is 16.0 Å². The van der Waals surface area contributed by atoms with Gasteiger partial charge in [-0.25, -0.2) is 4.98 Å². The second kappa shape index (κ2) is 11.7. The summed E-state index contributed by atoms with van der Waals surface area (Å²) in [6.07, 6.45) is 3.96. The Bertz CT molecular complexity index is 1270. The number of anilines is 2. The van der Waals surface area contributed by atoms with Gasteiger partial charge in [-0.3, -0.25) is 14.4 Å². The van der Waals surface area contributed by atoms with E-state index in [1.54, 1.807) is 35.2 Å². The van der Waals surface area contributed by atoms with Gasteiger partial charge in [0.2, 0.25) is 17.6 Å². The normalized spacial score (nSPS) is 17.5. The van der Waals surface area contributed by atoms with E-state index >= 15 is 0 Å². The zero-order valence-corrected chi connectivity index (χ0v) is 22.0. The van der Waals surface area contributed by atoms with Crippen molar-refractivity contribution in [1.29, 1.82) is 0 Å². The molecule has 0 aliphatic heterocycles. The zero-order valence-electron chi connectivity index (χ0n) is 21.3. The van der Waals surface area contributed by atoms with Crippen molar-refractivity contribution in [2.24, 2.45) is 11.8 Å². The predicted octanol–water partition coefficient (Wildman–Crippen LogP) is 4.50. The average Bonchev–Trinajstić information content (AvgIpc) is 3.26. The van der Waals surface area contributed by atoms with Crippen LogP contribution in [0.1, 0.15) is 36.2 Å². The van der Waals surface area contributed by atoms with Crippen LogP contribution in [0.2, 0.25) is 5.02 Å². The van der Waals surface area contributed by atoms with Gasteiger partial charge in [-0.05, 0) is 64.0 Å². The van der Waals surface area contributed by atoms with Crippen molar-refractivity contribution in [3.05, 3.63) is 53.4 Å². The van der Waals surface area contributed by atoms with Crippen molar-refractivity contribution in [2.45, 2.75) is 25.7 Å². The summed E-state index contributed by atoms with van der Waals surface area (Å²) >= 11 is 5.88. The van der Waals surface area contributed by atoms with Crippen molar-refractivity contribution in [2.75, 3.05) is 44.9 Å². The number of pyridine rings is 1. The van der Waals surface area contributed by atoms with Crippen LogP contribution in [-0.4, -0.2) is 66.7 Å². The summed E-state index contributed by atoms with van der Waals surface area (Å²) in [5, 5.41) is 6.72. The molecule has 0 bridgehead atoms. The number of hydrogen-bond acceptors (Lipinski definition) is 6. The third-order valence-corrected chi connectivity index (χ3v) is 6.95. The fraction of sp³-hybridized carbons (Fsp3) is 0.407. The lowest BCUT2D eigenvalue weighted by Crippen LogP contribution is -2.39. The summed E-state index contributed by atoms with van der Waals surface area (Å²) < 4.78 is 5.83. The quantitative estimate of drug-likeness (QED) is 0.448. The van der Waals surface area contributed by atoms with E-state index in [-0.39, 0.29) is 29.4 Å². The van der Waals surface area contributed by atoms with Crippen LogP contribution < -0.4 is 10.6 Å². The SMILES string of the molecule is CN(C)CCN(C)C(=O)[C@H]1CC[C@H](C(=O)Nc2c(C(=O)Nc3ccc(Cl)cn3)oc3ccccc23)CC1. The number of aromatic nitrogens is 1. The molecule has 1 aromatic carbocycles. The van der Waals surface area contributed by atoms with Crippen molar-refractivity contribution >= 4 is 51.8 Å². The molecule has 1 aliphatic rings. The van der Waals surface area contributed by atoms with Gasteiger partial charge in [0.1, 0.15) is 17.1 Å². The molecule has 3 amide bonds. The molecule has 2 aromatic heterocycles. The summed E-state index contributed by atoms with van der Waals surface area (Å²) in [7, 11) is 5.80. The Morgan fingerprint density at radius 2 is 1.68 bits per heavy atom. The number of amides is 3. The van der Waals surface area contributed by atoms with Gasteiger partial charge >= 0.3 is 0 Å². The highest BCUT2D eigenvalue weighted by Gasteiger charge is 2.32. The lowest BCUT2D eigenvalue weighted by molar-refractivity contribution is -0.136. The third kappa shape index (κ3) is 6.47. The van der Waals surface area contributed by atoms with Gasteiger partial charge in [-0.15, -0.1) is 0 Å². The number of benzene rings is 1. The lowest BCUT2D eigenvalue weighted by Gasteiger charge is -2.30. The van der Waals surface area contributed by atoms with Crippen LogP contribution in [0.5, 0.6) is 0 Å². The van der Waals surface area contributed by atoms with Crippen molar-refractivity contribution in [3.63, 3.8) is 0 Å². The minimum Gasteiger partial charge on any atom is -0.449 e. The molecule has 2 N–H and O–H groups in total. The number of likely N-dealkylation sites (N-methyl/N-ethyl adjacent to an activating group) is 2. The maximum Gasteiger partial charge on any atom is 0.294 e. The van der Waals surface area contributed by atoms with Crippen LogP contribution in [0.4, 0.5) is 11.5 Å². The van der Waals surface area contributed by atoms with Gasteiger partial charge in [-0.1, -0.05) is 23.7 Å². The van der Waals surface area contributed by atoms with Crippen LogP contribution >= 0.6 is 11.6 Å². The highest BCUT2D eigenvalue weighted by Crippen LogP contribution is 2.34. The predicted molar refractivity (Wildman–Crippen MR) is 144 cm³/mol. The van der Waals surface area contributed by atoms with Crippen LogP contribution in [0, 0.1) is 11.8 Å². The van der Waals surface area contributed by atoms with E-state index in [2.05, 4.69) is 15.6 Å². The number of nitrogens with zero attached hydrogens (tertiary/aromatic N) is 3. The molecule has 9 nitrogen and oxygen atoms in total. The minimum atomic E-state index is -0.531. The Labute approximate surface area is 221 Å². The second-order valence-electron chi connectivity index (χ2n) is 9.72. The maximum atomic E-state index is 13.3. The smallest absolute Gasteiger partial charge is 0.294 e. The standard InChI is InChI=1S/C27H32ClN5O4/c1-32(2)14-15-33(3)27(36)18-10-8-17(9-11-18)25(34)31-23-20-6-4-5-7-21(20)37-24(23)26(35)30-22-13-12-19(28)16-29-22/h4-7,12-13,16-18H,8-11,14-15H2,1-3H3,(H,31,34)(H,29,30,35)/t17-,18-. The monoisotopic (exact) mass is 525 g/mol. The van der Waals surface area contributed by atoms with Crippen LogP contribution in [0.3, 0.4) is 0 Å². The number of nitrogens with one attached hydrogen (secondary N) is 2. The molecule has 0 unspecified atom stereocenters. The van der Waals surface area contributed by atoms with E-state index in [9.17, 15) is 14.4 Å². The molecule has 0 radical (unpaired) electrons. The molecule has 1 aliphatic carbocycles. The maximum absolute atomic E-state index is 13.3. The largest absolute Gasteiger partial charge is 0.449 e. The number of halogens is 1. The molecule has 2 heterocycles. The molecule has 0 atom stereocenters. The van der Waals surface area contributed by atoms with Crippen molar-refractivity contribution in [1.82, 2.24) is 14.8 Å². The Kier molecular flexibility index (Phi) is 8.45. The minimum absolute atomic E-state index is 0.00215. The molecule has 4 rings (SSSR count). The van der Waals surface area contributed by atoms with Crippen molar-refractivity contribution in [3.8, 4) is 0 Å². The van der Waals surface area contributed by atoms with Gasteiger partial charge in [0.25, 0.3) is 5.91 Å². The molecule has 10 heteroatoms. The number of para-hydroxylation sites is 1. The summed E-state index contributed by atoms with van der Waals surface area (Å²) in [6, 6.07) is 10.4. The molecule has 0 saturated heterocycles. The number of fused-ring (bicyclic) bond motifs is 1. The Hall–Kier alpha value is -3.43. The Balaban J connectivity index is 1.43. The van der Waals surface area contributed by atoms with Gasteiger partial charge in [0.15, 0.2) is 0 Å². The third-order valence-electron chi connectivity index (χ3n) is 6.72. The summed E-state index contributed by atoms with van der Waals surface area (Å²) in [6.45, 7) is 1.48. The first-order valence-electron chi connectivity index (χ1n) is 12.4. The number of furan rings is 1. The summed E-state index contributed by atoms with van der Waals surface area (Å²) in [5.41, 5.74) is 0.816.